The van der Waals surface area contributed by atoms with Gasteiger partial charge in [0.15, 0.2) is 6.29 Å². The van der Waals surface area contributed by atoms with Gasteiger partial charge in [-0.1, -0.05) is 0 Å². The number of ether oxygens (including phenoxy) is 2. The van der Waals surface area contributed by atoms with Gasteiger partial charge in [0.2, 0.25) is 6.54 Å². The summed E-state index contributed by atoms with van der Waals surface area (Å²) < 4.78 is 10.2. The van der Waals surface area contributed by atoms with E-state index in [0.29, 0.717) is 18.8 Å². The van der Waals surface area contributed by atoms with Crippen molar-refractivity contribution in [3.63, 3.8) is 0 Å². The second-order valence-electron chi connectivity index (χ2n) is 2.61. The minimum Gasteiger partial charge on any atom is -0.347 e. The molecule has 1 saturated heterocycles. The third-order valence-corrected chi connectivity index (χ3v) is 1.45. The Kier molecular flexibility index (Phi) is 3.19. The first-order valence-corrected chi connectivity index (χ1v) is 3.71. The summed E-state index contributed by atoms with van der Waals surface area (Å²) in [6.07, 6.45) is 1.25. The lowest BCUT2D eigenvalue weighted by Crippen LogP contribution is -2.08. The average molecular weight is 173 g/mol. The highest BCUT2D eigenvalue weighted by molar-refractivity contribution is 5.00. The van der Waals surface area contributed by atoms with Gasteiger partial charge in [0.25, 0.3) is 0 Å². The zero-order chi connectivity index (χ0) is 8.97. The molecule has 1 aliphatic rings. The van der Waals surface area contributed by atoms with Crippen LogP contribution in [0.4, 0.5) is 0 Å². The summed E-state index contributed by atoms with van der Waals surface area (Å²) >= 11 is 0. The molecule has 0 bridgehead atoms. The Morgan fingerprint density at radius 3 is 2.75 bits per heavy atom. The zero-order valence-corrected chi connectivity index (χ0v) is 6.86. The van der Waals surface area contributed by atoms with E-state index >= 15 is 0 Å². The topological polar surface area (TPSA) is 61.6 Å². The maximum Gasteiger partial charge on any atom is 0.224 e. The normalized spacial score (nSPS) is 19.9. The number of rotatable bonds is 3. The van der Waals surface area contributed by atoms with E-state index in [1.165, 1.54) is 0 Å². The number of hydrogen-bond donors (Lipinski definition) is 0. The monoisotopic (exact) mass is 173 g/mol. The van der Waals surface area contributed by atoms with Crippen LogP contribution in [0.2, 0.25) is 0 Å². The fraction of sp³-hybridized carbons (Fsp3) is 0.714. The number of nitro groups is 1. The molecule has 1 heterocycles. The van der Waals surface area contributed by atoms with Crippen LogP contribution in [0.3, 0.4) is 0 Å². The van der Waals surface area contributed by atoms with Crippen molar-refractivity contribution >= 4 is 0 Å². The first-order valence-electron chi connectivity index (χ1n) is 3.71. The summed E-state index contributed by atoms with van der Waals surface area (Å²) in [6.45, 7) is 2.66. The van der Waals surface area contributed by atoms with Gasteiger partial charge >= 0.3 is 0 Å². The highest BCUT2D eigenvalue weighted by atomic mass is 16.7. The van der Waals surface area contributed by atoms with Crippen molar-refractivity contribution < 1.29 is 14.4 Å². The smallest absolute Gasteiger partial charge is 0.224 e. The van der Waals surface area contributed by atoms with Crippen LogP contribution in [0.25, 0.3) is 0 Å². The summed E-state index contributed by atoms with van der Waals surface area (Å²) in [5, 5.41) is 10.1. The molecule has 0 amide bonds. The van der Waals surface area contributed by atoms with Gasteiger partial charge in [0.1, 0.15) is 0 Å². The average Bonchev–Trinajstić information content (AvgIpc) is 2.37. The van der Waals surface area contributed by atoms with Crippen LogP contribution in [-0.2, 0) is 9.47 Å². The largest absolute Gasteiger partial charge is 0.347 e. The molecular weight excluding hydrogens is 162 g/mol. The molecule has 0 unspecified atom stereocenters. The van der Waals surface area contributed by atoms with Gasteiger partial charge in [-0.3, -0.25) is 10.1 Å². The van der Waals surface area contributed by atoms with Crippen molar-refractivity contribution in [1.29, 1.82) is 0 Å². The maximum absolute atomic E-state index is 10.1. The second kappa shape index (κ2) is 4.18. The van der Waals surface area contributed by atoms with Crippen molar-refractivity contribution in [2.24, 2.45) is 0 Å². The van der Waals surface area contributed by atoms with Crippen molar-refractivity contribution in [3.8, 4) is 0 Å². The minimum atomic E-state index is -0.384. The SMILES string of the molecule is C/C(=C/C1OCCO1)C[N+](=O)[O-]. The molecule has 0 saturated carbocycles. The molecule has 0 aliphatic carbocycles. The van der Waals surface area contributed by atoms with Gasteiger partial charge in [0.05, 0.1) is 13.2 Å². The molecule has 1 rings (SSSR count). The molecule has 0 radical (unpaired) electrons. The summed E-state index contributed by atoms with van der Waals surface area (Å²) in [4.78, 5) is 9.69. The maximum atomic E-state index is 10.1. The van der Waals surface area contributed by atoms with Gasteiger partial charge < -0.3 is 9.47 Å². The predicted molar refractivity (Wildman–Crippen MR) is 41.3 cm³/mol. The van der Waals surface area contributed by atoms with Crippen LogP contribution in [0.15, 0.2) is 11.6 Å². The Balaban J connectivity index is 2.38. The van der Waals surface area contributed by atoms with E-state index in [1.54, 1.807) is 13.0 Å². The quantitative estimate of drug-likeness (QED) is 0.356. The second-order valence-corrected chi connectivity index (χ2v) is 2.61. The van der Waals surface area contributed by atoms with E-state index in [1.807, 2.05) is 0 Å². The molecule has 0 aromatic carbocycles. The van der Waals surface area contributed by atoms with Crippen LogP contribution >= 0.6 is 0 Å². The van der Waals surface area contributed by atoms with Crippen molar-refractivity contribution in [2.75, 3.05) is 19.8 Å². The van der Waals surface area contributed by atoms with Crippen molar-refractivity contribution in [1.82, 2.24) is 0 Å². The highest BCUT2D eigenvalue weighted by Crippen LogP contribution is 2.07. The van der Waals surface area contributed by atoms with Crippen LogP contribution in [0.1, 0.15) is 6.92 Å². The van der Waals surface area contributed by atoms with E-state index in [0.717, 1.165) is 0 Å². The van der Waals surface area contributed by atoms with Gasteiger partial charge in [0, 0.05) is 4.92 Å². The molecule has 0 N–H and O–H groups in total. The Morgan fingerprint density at radius 1 is 1.67 bits per heavy atom. The summed E-state index contributed by atoms with van der Waals surface area (Å²) in [5.74, 6) is 0. The Labute approximate surface area is 70.1 Å². The lowest BCUT2D eigenvalue weighted by atomic mass is 10.3. The molecule has 12 heavy (non-hydrogen) atoms. The van der Waals surface area contributed by atoms with E-state index in [9.17, 15) is 10.1 Å². The summed E-state index contributed by atoms with van der Waals surface area (Å²) in [7, 11) is 0. The van der Waals surface area contributed by atoms with Gasteiger partial charge in [-0.2, -0.15) is 0 Å². The molecule has 0 atom stereocenters. The Hall–Kier alpha value is -0.940. The summed E-state index contributed by atoms with van der Waals surface area (Å²) in [5.41, 5.74) is 0.659. The van der Waals surface area contributed by atoms with Crippen molar-refractivity contribution in [2.45, 2.75) is 13.2 Å². The zero-order valence-electron chi connectivity index (χ0n) is 6.86. The van der Waals surface area contributed by atoms with Crippen LogP contribution in [-0.4, -0.2) is 31.0 Å². The molecule has 5 nitrogen and oxygen atoms in total. The fourth-order valence-corrected chi connectivity index (χ4v) is 0.962. The number of hydrogen-bond acceptors (Lipinski definition) is 4. The number of nitrogens with zero attached hydrogens (tertiary/aromatic N) is 1. The molecule has 0 aromatic rings. The predicted octanol–water partition coefficient (Wildman–Crippen LogP) is 0.582. The molecule has 1 aliphatic heterocycles. The van der Waals surface area contributed by atoms with Gasteiger partial charge in [-0.15, -0.1) is 0 Å². The molecule has 68 valence electrons. The van der Waals surface area contributed by atoms with E-state index in [-0.39, 0.29) is 17.8 Å². The molecule has 0 spiro atoms. The van der Waals surface area contributed by atoms with E-state index in [2.05, 4.69) is 0 Å². The third-order valence-electron chi connectivity index (χ3n) is 1.45. The van der Waals surface area contributed by atoms with Crippen LogP contribution < -0.4 is 0 Å². The summed E-state index contributed by atoms with van der Waals surface area (Å²) in [6, 6.07) is 0. The standard InChI is InChI=1S/C7H11NO4/c1-6(5-8(9)10)4-7-11-2-3-12-7/h4,7H,2-3,5H2,1H3/b6-4-. The fourth-order valence-electron chi connectivity index (χ4n) is 0.962. The minimum absolute atomic E-state index is 0.150. The first-order chi connectivity index (χ1) is 5.68. The Morgan fingerprint density at radius 2 is 2.25 bits per heavy atom. The molecule has 0 aromatic heterocycles. The first kappa shape index (κ1) is 9.15. The van der Waals surface area contributed by atoms with Gasteiger partial charge in [-0.05, 0) is 18.6 Å². The van der Waals surface area contributed by atoms with Crippen molar-refractivity contribution in [3.05, 3.63) is 21.8 Å². The third kappa shape index (κ3) is 2.98. The lowest BCUT2D eigenvalue weighted by molar-refractivity contribution is -0.470. The lowest BCUT2D eigenvalue weighted by Gasteiger charge is -2.02. The highest BCUT2D eigenvalue weighted by Gasteiger charge is 2.13. The van der Waals surface area contributed by atoms with E-state index in [4.69, 9.17) is 9.47 Å². The van der Waals surface area contributed by atoms with Crippen LogP contribution in [0.5, 0.6) is 0 Å². The van der Waals surface area contributed by atoms with Gasteiger partial charge in [-0.25, -0.2) is 0 Å². The Bertz CT molecular complexity index is 196. The van der Waals surface area contributed by atoms with Crippen LogP contribution in [0, 0.1) is 10.1 Å². The molecule has 1 fully saturated rings. The molecule has 5 heteroatoms. The van der Waals surface area contributed by atoms with E-state index < -0.39 is 0 Å². The molecular formula is C7H11NO4.